The summed E-state index contributed by atoms with van der Waals surface area (Å²) in [5.74, 6) is 0. The molecule has 0 bridgehead atoms. The summed E-state index contributed by atoms with van der Waals surface area (Å²) in [6.45, 7) is -0.0542. The quantitative estimate of drug-likeness (QED) is 0.556. The van der Waals surface area contributed by atoms with Gasteiger partial charge in [-0.25, -0.2) is 0 Å². The Morgan fingerprint density at radius 2 is 1.58 bits per heavy atom. The smallest absolute Gasteiger partial charge is 0.0960 e. The summed E-state index contributed by atoms with van der Waals surface area (Å²) in [7, 11) is 15.1. The second-order valence-electron chi connectivity index (χ2n) is 1.53. The van der Waals surface area contributed by atoms with Crippen molar-refractivity contribution in [3.63, 3.8) is 0 Å². The number of nitrogens with zero attached hydrogens (tertiary/aromatic N) is 1. The summed E-state index contributed by atoms with van der Waals surface area (Å²) in [5.41, 5.74) is 0. The van der Waals surface area contributed by atoms with E-state index in [9.17, 15) is 0 Å². The fourth-order valence-electron chi connectivity index (χ4n) is 0.385. The second-order valence-corrected chi connectivity index (χ2v) is 36.6. The lowest BCUT2D eigenvalue weighted by atomic mass is 13.9. The van der Waals surface area contributed by atoms with Crippen LogP contribution in [-0.2, 0) is 12.4 Å². The van der Waals surface area contributed by atoms with Crippen LogP contribution in [-0.4, -0.2) is 0 Å². The van der Waals surface area contributed by atoms with E-state index < -0.39 is 0 Å². The van der Waals surface area contributed by atoms with Gasteiger partial charge in [0.2, 0.25) is 0 Å². The fraction of sp³-hybridized carbons (Fsp3) is 0. The molecule has 0 saturated heterocycles. The average molecular weight is 367 g/mol. The third-order valence-electron chi connectivity index (χ3n) is 0.783. The van der Waals surface area contributed by atoms with E-state index in [4.69, 9.17) is 12.4 Å². The van der Waals surface area contributed by atoms with Gasteiger partial charge in [0.05, 0.1) is 7.45 Å². The van der Waals surface area contributed by atoms with Crippen LogP contribution in [0.25, 0.3) is 0 Å². The molecule has 0 spiro atoms. The van der Waals surface area contributed by atoms with E-state index in [0.717, 1.165) is 7.96 Å². The molecule has 0 amide bonds. The highest BCUT2D eigenvalue weighted by molar-refractivity contribution is 9.11. The van der Waals surface area contributed by atoms with E-state index in [0.29, 0.717) is 0 Å². The van der Waals surface area contributed by atoms with Crippen LogP contribution in [0.5, 0.6) is 0 Å². The third-order valence-corrected chi connectivity index (χ3v) is 49.3. The first kappa shape index (κ1) is 16.3. The van der Waals surface area contributed by atoms with E-state index >= 15 is 0 Å². The average Bonchev–Trinajstić information content (AvgIpc) is 1.98. The zero-order valence-electron chi connectivity index (χ0n) is 6.03. The standard InChI is InChI=1S/H11NP10S/c2-7-11(10(5)6)8(1-12)9(3)4/h7H,2-6H2. The molecule has 0 N–H and O–H groups in total. The van der Waals surface area contributed by atoms with Crippen LogP contribution >= 0.6 is 81.0 Å². The molecular formula is H11NP10S. The van der Waals surface area contributed by atoms with Gasteiger partial charge >= 0.3 is 0 Å². The molecule has 72 valence electrons. The summed E-state index contributed by atoms with van der Waals surface area (Å²) in [5, 5.41) is 0. The Morgan fingerprint density at radius 1 is 1.08 bits per heavy atom. The van der Waals surface area contributed by atoms with Crippen molar-refractivity contribution in [1.29, 1.82) is 0 Å². The van der Waals surface area contributed by atoms with Crippen molar-refractivity contribution in [1.82, 2.24) is 0 Å². The van der Waals surface area contributed by atoms with Gasteiger partial charge in [-0.1, -0.05) is 7.96 Å². The number of hydrogen-bond acceptors (Lipinski definition) is 2. The van der Waals surface area contributed by atoms with Crippen LogP contribution < -0.4 is 0 Å². The maximum atomic E-state index is 4.86. The third kappa shape index (κ3) is 6.15. The molecule has 8 atom stereocenters. The lowest BCUT2D eigenvalue weighted by Gasteiger charge is -2.26. The van der Waals surface area contributed by atoms with Gasteiger partial charge in [0.15, 0.2) is 0 Å². The lowest BCUT2D eigenvalue weighted by molar-refractivity contribution is 2.10. The molecule has 0 aliphatic heterocycles. The number of rotatable bonds is 5. The van der Waals surface area contributed by atoms with Crippen LogP contribution in [0, 0.1) is 0 Å². The van der Waals surface area contributed by atoms with E-state index in [1.54, 1.807) is 0 Å². The molecule has 0 aromatic carbocycles. The number of hydrogen-bond donors (Lipinski definition) is 0. The van der Waals surface area contributed by atoms with Crippen molar-refractivity contribution in [2.24, 2.45) is 4.13 Å². The Bertz CT molecular complexity index is 132. The van der Waals surface area contributed by atoms with E-state index in [1.807, 2.05) is 0 Å². The Morgan fingerprint density at radius 3 is 1.67 bits per heavy atom. The summed E-state index contributed by atoms with van der Waals surface area (Å²) >= 11 is 4.86. The van der Waals surface area contributed by atoms with Gasteiger partial charge in [0.1, 0.15) is 0 Å². The van der Waals surface area contributed by atoms with Crippen LogP contribution in [0.15, 0.2) is 4.13 Å². The lowest BCUT2D eigenvalue weighted by Crippen LogP contribution is -1.47. The molecule has 12 heavy (non-hydrogen) atoms. The summed E-state index contributed by atoms with van der Waals surface area (Å²) < 4.78 is 4.13. The summed E-state index contributed by atoms with van der Waals surface area (Å²) in [6, 6.07) is 0. The Labute approximate surface area is 97.1 Å². The maximum Gasteiger partial charge on any atom is 0.0960 e. The van der Waals surface area contributed by atoms with Crippen LogP contribution in [0.3, 0.4) is 0 Å². The highest BCUT2D eigenvalue weighted by Crippen LogP contribution is 3.09. The minimum Gasteiger partial charge on any atom is -0.185 e. The molecule has 8 unspecified atom stereocenters. The maximum absolute atomic E-state index is 4.86. The van der Waals surface area contributed by atoms with Gasteiger partial charge in [0.25, 0.3) is 0 Å². The van der Waals surface area contributed by atoms with E-state index in [-0.39, 0.29) is 28.4 Å². The molecule has 12 heteroatoms. The Balaban J connectivity index is 4.33. The van der Waals surface area contributed by atoms with Crippen molar-refractivity contribution in [2.75, 3.05) is 0 Å². The first-order chi connectivity index (χ1) is 5.54. The van der Waals surface area contributed by atoms with Gasteiger partial charge in [-0.05, 0) is 14.0 Å². The van der Waals surface area contributed by atoms with Crippen molar-refractivity contribution >= 4 is 93.4 Å². The van der Waals surface area contributed by atoms with Gasteiger partial charge in [0, 0.05) is 19.4 Å². The molecule has 0 heterocycles. The van der Waals surface area contributed by atoms with Gasteiger partial charge in [-0.2, -0.15) is 4.13 Å². The fourth-order valence-corrected chi connectivity index (χ4v) is 69.5. The SMILES string of the molecule is PPP(P(P)P)P(N=S)P(P)P. The molecule has 0 aromatic rings. The van der Waals surface area contributed by atoms with Crippen molar-refractivity contribution in [3.05, 3.63) is 0 Å². The minimum atomic E-state index is -0.246. The zero-order chi connectivity index (χ0) is 9.72. The zero-order valence-corrected chi connectivity index (χ0v) is 17.2. The molecule has 0 aliphatic rings. The molecule has 0 aromatic heterocycles. The summed E-state index contributed by atoms with van der Waals surface area (Å²) in [4.78, 5) is 0. The largest absolute Gasteiger partial charge is 0.185 e. The van der Waals surface area contributed by atoms with Crippen LogP contribution in [0.2, 0.25) is 0 Å². The van der Waals surface area contributed by atoms with E-state index in [1.165, 1.54) is 0 Å². The first-order valence-corrected chi connectivity index (χ1v) is 20.5. The van der Waals surface area contributed by atoms with Crippen molar-refractivity contribution in [3.8, 4) is 0 Å². The van der Waals surface area contributed by atoms with Gasteiger partial charge in [-0.3, -0.25) is 0 Å². The van der Waals surface area contributed by atoms with Crippen molar-refractivity contribution < 1.29 is 0 Å². The Hall–Kier alpha value is 4.32. The van der Waals surface area contributed by atoms with Crippen LogP contribution in [0.4, 0.5) is 0 Å². The van der Waals surface area contributed by atoms with E-state index in [2.05, 4.69) is 48.8 Å². The molecule has 0 radical (unpaired) electrons. The monoisotopic (exact) mass is 367 g/mol. The molecule has 0 saturated carbocycles. The highest BCUT2D eigenvalue weighted by atomic mass is 33.1. The topological polar surface area (TPSA) is 12.4 Å². The van der Waals surface area contributed by atoms with Crippen molar-refractivity contribution in [2.45, 2.75) is 0 Å². The molecule has 0 rings (SSSR count). The summed E-state index contributed by atoms with van der Waals surface area (Å²) in [6.07, 6.45) is 0. The molecule has 1 nitrogen and oxygen atoms in total. The van der Waals surface area contributed by atoms with Gasteiger partial charge < -0.3 is 0 Å². The van der Waals surface area contributed by atoms with Crippen LogP contribution in [0.1, 0.15) is 0 Å². The highest BCUT2D eigenvalue weighted by Gasteiger charge is 2.25. The predicted molar refractivity (Wildman–Crippen MR) is 94.3 cm³/mol. The predicted octanol–water partition coefficient (Wildman–Crippen LogP) is 5.85. The molecular weight excluding hydrogens is 356 g/mol. The van der Waals surface area contributed by atoms with Gasteiger partial charge in [-0.15, -0.1) is 44.6 Å². The molecule has 0 fully saturated rings. The molecule has 0 aliphatic carbocycles. The first-order valence-electron chi connectivity index (χ1n) is 2.53. The normalized spacial score (nSPS) is 17.6. The second kappa shape index (κ2) is 9.36. The Kier molecular flexibility index (Phi) is 12.7. The minimum absolute atomic E-state index is 0.00595.